The highest BCUT2D eigenvalue weighted by atomic mass is 16.5. The van der Waals surface area contributed by atoms with Gasteiger partial charge in [0.05, 0.1) is 12.7 Å². The molecule has 0 fully saturated rings. The summed E-state index contributed by atoms with van der Waals surface area (Å²) >= 11 is 0. The van der Waals surface area contributed by atoms with Gasteiger partial charge >= 0.3 is 17.2 Å². The zero-order chi connectivity index (χ0) is 20.7. The van der Waals surface area contributed by atoms with Crippen LogP contribution in [-0.4, -0.2) is 13.1 Å². The smallest absolute Gasteiger partial charge is 0.344 e. The van der Waals surface area contributed by atoms with Gasteiger partial charge in [-0.1, -0.05) is 12.1 Å². The minimum atomic E-state index is -0.638. The Morgan fingerprint density at radius 2 is 1.72 bits per heavy atom. The van der Waals surface area contributed by atoms with Crippen molar-refractivity contribution in [1.29, 1.82) is 0 Å². The van der Waals surface area contributed by atoms with Crippen molar-refractivity contribution in [3.63, 3.8) is 0 Å². The van der Waals surface area contributed by atoms with Crippen molar-refractivity contribution in [2.45, 2.75) is 13.8 Å². The number of carbonyl (C=O) groups is 1. The number of fused-ring (bicyclic) bond motifs is 2. The number of para-hydroxylation sites is 1. The molecule has 29 heavy (non-hydrogen) atoms. The van der Waals surface area contributed by atoms with Gasteiger partial charge in [0, 0.05) is 34.9 Å². The maximum Gasteiger partial charge on any atom is 0.344 e. The van der Waals surface area contributed by atoms with E-state index in [2.05, 4.69) is 0 Å². The topological polar surface area (TPSA) is 96.0 Å². The first-order valence-electron chi connectivity index (χ1n) is 8.76. The van der Waals surface area contributed by atoms with Crippen LogP contribution in [0.2, 0.25) is 0 Å². The van der Waals surface area contributed by atoms with Gasteiger partial charge < -0.3 is 18.3 Å². The van der Waals surface area contributed by atoms with Gasteiger partial charge in [-0.2, -0.15) is 0 Å². The molecule has 2 heterocycles. The molecule has 7 heteroatoms. The van der Waals surface area contributed by atoms with Crippen molar-refractivity contribution in [2.24, 2.45) is 0 Å². The molecule has 0 spiro atoms. The average Bonchev–Trinajstić information content (AvgIpc) is 2.68. The normalized spacial score (nSPS) is 11.0. The molecule has 0 aliphatic rings. The second kappa shape index (κ2) is 6.94. The van der Waals surface area contributed by atoms with Crippen molar-refractivity contribution >= 4 is 27.9 Å². The van der Waals surface area contributed by atoms with Crippen molar-refractivity contribution in [1.82, 2.24) is 0 Å². The number of aryl methyl sites for hydroxylation is 1. The lowest BCUT2D eigenvalue weighted by molar-refractivity contribution is -0.131. The molecule has 4 rings (SSSR count). The fourth-order valence-corrected chi connectivity index (χ4v) is 3.30. The Balaban J connectivity index is 2.03. The quantitative estimate of drug-likeness (QED) is 0.297. The van der Waals surface area contributed by atoms with E-state index in [1.807, 2.05) is 0 Å². The van der Waals surface area contributed by atoms with Gasteiger partial charge in [-0.15, -0.1) is 0 Å². The first-order valence-corrected chi connectivity index (χ1v) is 8.76. The molecule has 0 amide bonds. The summed E-state index contributed by atoms with van der Waals surface area (Å²) in [7, 11) is 1.49. The summed E-state index contributed by atoms with van der Waals surface area (Å²) in [5, 5.41) is 1.17. The fraction of sp³-hybridized carbons (Fsp3) is 0.136. The van der Waals surface area contributed by atoms with Crippen LogP contribution >= 0.6 is 0 Å². The molecule has 146 valence electrons. The van der Waals surface area contributed by atoms with Gasteiger partial charge in [0.25, 0.3) is 0 Å². The van der Waals surface area contributed by atoms with Crippen molar-refractivity contribution in [3.05, 3.63) is 68.9 Å². The second-order valence-electron chi connectivity index (χ2n) is 6.46. The van der Waals surface area contributed by atoms with Crippen LogP contribution in [-0.2, 0) is 4.79 Å². The molecule has 7 nitrogen and oxygen atoms in total. The number of hydrogen-bond donors (Lipinski definition) is 0. The highest BCUT2D eigenvalue weighted by molar-refractivity contribution is 5.97. The zero-order valence-electron chi connectivity index (χ0n) is 15.9. The van der Waals surface area contributed by atoms with Gasteiger partial charge in [-0.25, -0.2) is 9.59 Å². The molecule has 0 saturated carbocycles. The van der Waals surface area contributed by atoms with Gasteiger partial charge in [0.1, 0.15) is 11.3 Å². The maximum atomic E-state index is 12.7. The molecule has 0 saturated heterocycles. The fourth-order valence-electron chi connectivity index (χ4n) is 3.30. The number of esters is 1. The molecule has 2 aromatic carbocycles. The Hall–Kier alpha value is -3.87. The SMILES string of the molecule is COc1cccc2cc(-c3cc(=O)oc4c(C)c(OC(C)=O)ccc34)c(=O)oc12. The number of benzene rings is 2. The summed E-state index contributed by atoms with van der Waals surface area (Å²) in [6.07, 6.45) is 0. The molecule has 0 radical (unpaired) electrons. The first kappa shape index (κ1) is 18.5. The third-order valence-corrected chi connectivity index (χ3v) is 4.60. The number of rotatable bonds is 3. The van der Waals surface area contributed by atoms with E-state index in [9.17, 15) is 14.4 Å². The minimum Gasteiger partial charge on any atom is -0.493 e. The van der Waals surface area contributed by atoms with Crippen LogP contribution in [0.15, 0.2) is 60.9 Å². The molecule has 0 N–H and O–H groups in total. The van der Waals surface area contributed by atoms with E-state index in [-0.39, 0.29) is 16.9 Å². The Morgan fingerprint density at radius 1 is 0.931 bits per heavy atom. The van der Waals surface area contributed by atoms with E-state index in [1.54, 1.807) is 43.3 Å². The maximum absolute atomic E-state index is 12.7. The molecular formula is C22H16O7. The van der Waals surface area contributed by atoms with Crippen LogP contribution in [0.3, 0.4) is 0 Å². The summed E-state index contributed by atoms with van der Waals surface area (Å²) in [6, 6.07) is 11.4. The predicted octanol–water partition coefficient (Wildman–Crippen LogP) is 3.81. The molecule has 2 aromatic heterocycles. The van der Waals surface area contributed by atoms with Crippen LogP contribution in [0, 0.1) is 6.92 Å². The Bertz CT molecular complexity index is 1390. The lowest BCUT2D eigenvalue weighted by Crippen LogP contribution is -2.08. The molecule has 0 atom stereocenters. The molecule has 0 aliphatic heterocycles. The number of carbonyl (C=O) groups excluding carboxylic acids is 1. The van der Waals surface area contributed by atoms with E-state index in [0.29, 0.717) is 33.2 Å². The molecular weight excluding hydrogens is 376 g/mol. The molecule has 0 unspecified atom stereocenters. The lowest BCUT2D eigenvalue weighted by atomic mass is 10.0. The largest absolute Gasteiger partial charge is 0.493 e. The number of ether oxygens (including phenoxy) is 2. The second-order valence-corrected chi connectivity index (χ2v) is 6.46. The highest BCUT2D eigenvalue weighted by Gasteiger charge is 2.18. The summed E-state index contributed by atoms with van der Waals surface area (Å²) in [5.74, 6) is 0.223. The van der Waals surface area contributed by atoms with Gasteiger partial charge in [-0.05, 0) is 31.2 Å². The summed E-state index contributed by atoms with van der Waals surface area (Å²) < 4.78 is 21.2. The van der Waals surface area contributed by atoms with Crippen molar-refractivity contribution in [2.75, 3.05) is 7.11 Å². The third-order valence-electron chi connectivity index (χ3n) is 4.60. The predicted molar refractivity (Wildman–Crippen MR) is 107 cm³/mol. The molecule has 0 aliphatic carbocycles. The van der Waals surface area contributed by atoms with E-state index in [1.165, 1.54) is 20.1 Å². The Labute approximate surface area is 164 Å². The van der Waals surface area contributed by atoms with E-state index in [0.717, 1.165) is 0 Å². The Morgan fingerprint density at radius 3 is 2.45 bits per heavy atom. The average molecular weight is 392 g/mol. The van der Waals surface area contributed by atoms with Crippen molar-refractivity contribution in [3.8, 4) is 22.6 Å². The standard InChI is InChI=1S/C22H16O7/c1-11-17(27-12(2)23)8-7-14-15(10-19(24)28-20(11)14)16-9-13-5-4-6-18(26-3)21(13)29-22(16)25/h4-10H,1-3H3. The number of methoxy groups -OCH3 is 1. The first-order chi connectivity index (χ1) is 13.9. The van der Waals surface area contributed by atoms with Crippen LogP contribution in [0.4, 0.5) is 0 Å². The Kier molecular flexibility index (Phi) is 4.43. The highest BCUT2D eigenvalue weighted by Crippen LogP contribution is 2.34. The third kappa shape index (κ3) is 3.16. The summed E-state index contributed by atoms with van der Waals surface area (Å²) in [5.41, 5.74) is 0.357. The lowest BCUT2D eigenvalue weighted by Gasteiger charge is -2.11. The minimum absolute atomic E-state index is 0.211. The van der Waals surface area contributed by atoms with Crippen LogP contribution in [0.25, 0.3) is 33.1 Å². The van der Waals surface area contributed by atoms with Gasteiger partial charge in [0.2, 0.25) is 0 Å². The van der Waals surface area contributed by atoms with Crippen LogP contribution in [0.5, 0.6) is 11.5 Å². The van der Waals surface area contributed by atoms with Gasteiger partial charge in [0.15, 0.2) is 11.3 Å². The molecule has 0 bridgehead atoms. The van der Waals surface area contributed by atoms with Gasteiger partial charge in [-0.3, -0.25) is 4.79 Å². The van der Waals surface area contributed by atoms with Crippen LogP contribution in [0.1, 0.15) is 12.5 Å². The van der Waals surface area contributed by atoms with E-state index >= 15 is 0 Å². The molecule has 4 aromatic rings. The van der Waals surface area contributed by atoms with Crippen LogP contribution < -0.4 is 20.7 Å². The van der Waals surface area contributed by atoms with Crippen molar-refractivity contribution < 1.29 is 23.1 Å². The zero-order valence-corrected chi connectivity index (χ0v) is 15.9. The summed E-state index contributed by atoms with van der Waals surface area (Å²) in [4.78, 5) is 36.2. The monoisotopic (exact) mass is 392 g/mol. The summed E-state index contributed by atoms with van der Waals surface area (Å²) in [6.45, 7) is 2.95. The van der Waals surface area contributed by atoms with E-state index < -0.39 is 17.2 Å². The number of hydrogen-bond acceptors (Lipinski definition) is 7. The van der Waals surface area contributed by atoms with E-state index in [4.69, 9.17) is 18.3 Å².